The van der Waals surface area contributed by atoms with E-state index in [0.29, 0.717) is 17.9 Å². The zero-order chi connectivity index (χ0) is 19.2. The Hall–Kier alpha value is -1.60. The Labute approximate surface area is 191 Å². The molecule has 2 aromatic carbocycles. The summed E-state index contributed by atoms with van der Waals surface area (Å²) in [6.45, 7) is 4.56. The molecular weight excluding hydrogens is 473 g/mol. The van der Waals surface area contributed by atoms with Gasteiger partial charge in [-0.25, -0.2) is 0 Å². The number of benzene rings is 2. The van der Waals surface area contributed by atoms with E-state index in [1.54, 1.807) is 0 Å². The van der Waals surface area contributed by atoms with Gasteiger partial charge in [0.1, 0.15) is 0 Å². The molecule has 1 N–H and O–H groups in total. The minimum atomic E-state index is 0. The molecule has 0 spiro atoms. The number of ether oxygens (including phenoxy) is 1. The Morgan fingerprint density at radius 1 is 1.10 bits per heavy atom. The molecule has 1 saturated heterocycles. The topological polar surface area (TPSA) is 36.9 Å². The van der Waals surface area contributed by atoms with Gasteiger partial charge >= 0.3 is 0 Å². The van der Waals surface area contributed by atoms with Gasteiger partial charge in [0.15, 0.2) is 5.96 Å². The number of aliphatic imine (C=N–C) groups is 1. The van der Waals surface area contributed by atoms with Gasteiger partial charge in [-0.2, -0.15) is 0 Å². The van der Waals surface area contributed by atoms with Gasteiger partial charge in [-0.15, -0.1) is 24.0 Å². The molecule has 29 heavy (non-hydrogen) atoms. The molecule has 1 saturated carbocycles. The third kappa shape index (κ3) is 5.72. The Morgan fingerprint density at radius 3 is 2.45 bits per heavy atom. The summed E-state index contributed by atoms with van der Waals surface area (Å²) in [4.78, 5) is 6.93. The molecule has 4 rings (SSSR count). The van der Waals surface area contributed by atoms with Gasteiger partial charge in [-0.3, -0.25) is 4.99 Å². The van der Waals surface area contributed by atoms with Crippen LogP contribution in [0.15, 0.2) is 65.7 Å². The lowest BCUT2D eigenvalue weighted by atomic mass is 9.96. The zero-order valence-electron chi connectivity index (χ0n) is 17.2. The molecule has 1 atom stereocenters. The summed E-state index contributed by atoms with van der Waals surface area (Å²) in [6, 6.07) is 21.3. The summed E-state index contributed by atoms with van der Waals surface area (Å²) in [6.07, 6.45) is 3.69. The highest BCUT2D eigenvalue weighted by molar-refractivity contribution is 14.0. The van der Waals surface area contributed by atoms with Crippen molar-refractivity contribution in [3.63, 3.8) is 0 Å². The Morgan fingerprint density at radius 2 is 1.79 bits per heavy atom. The highest BCUT2D eigenvalue weighted by atomic mass is 127. The second-order valence-corrected chi connectivity index (χ2v) is 8.15. The third-order valence-corrected chi connectivity index (χ3v) is 6.09. The zero-order valence-corrected chi connectivity index (χ0v) is 19.5. The highest BCUT2D eigenvalue weighted by Gasteiger charge is 2.44. The molecule has 2 aromatic rings. The predicted molar refractivity (Wildman–Crippen MR) is 130 cm³/mol. The molecule has 0 radical (unpaired) electrons. The lowest BCUT2D eigenvalue weighted by Crippen LogP contribution is -2.43. The lowest BCUT2D eigenvalue weighted by Gasteiger charge is -2.24. The van der Waals surface area contributed by atoms with Gasteiger partial charge in [0.2, 0.25) is 0 Å². The van der Waals surface area contributed by atoms with Crippen molar-refractivity contribution in [3.05, 3.63) is 71.8 Å². The summed E-state index contributed by atoms with van der Waals surface area (Å²) in [5.41, 5.74) is 2.99. The molecule has 0 bridgehead atoms. The molecule has 2 fully saturated rings. The van der Waals surface area contributed by atoms with Gasteiger partial charge in [0.25, 0.3) is 0 Å². The van der Waals surface area contributed by atoms with E-state index in [4.69, 9.17) is 4.74 Å². The van der Waals surface area contributed by atoms with Crippen LogP contribution >= 0.6 is 24.0 Å². The fourth-order valence-corrected chi connectivity index (χ4v) is 4.17. The van der Waals surface area contributed by atoms with E-state index in [2.05, 4.69) is 69.8 Å². The van der Waals surface area contributed by atoms with E-state index in [0.717, 1.165) is 32.2 Å². The quantitative estimate of drug-likeness (QED) is 0.343. The molecule has 4 nitrogen and oxygen atoms in total. The predicted octanol–water partition coefficient (Wildman–Crippen LogP) is 4.45. The Balaban J connectivity index is 0.00000240. The number of guanidine groups is 1. The van der Waals surface area contributed by atoms with Crippen LogP contribution < -0.4 is 5.32 Å². The Kier molecular flexibility index (Phi) is 7.95. The first-order chi connectivity index (χ1) is 13.8. The van der Waals surface area contributed by atoms with Crippen LogP contribution in [0, 0.1) is 5.92 Å². The number of nitrogens with zero attached hydrogens (tertiary/aromatic N) is 2. The van der Waals surface area contributed by atoms with Crippen molar-refractivity contribution < 1.29 is 4.74 Å². The standard InChI is InChI=1S/C24H31N3O.HI/c1-25-23(26-19-24(13-14-24)22-10-6-3-7-11-22)27-15-12-21(16-27)18-28-17-20-8-4-2-5-9-20;/h2-11,21H,12-19H2,1H3,(H,25,26);1H. The SMILES string of the molecule is CN=C(NCC1(c2ccccc2)CC1)N1CCC(COCc2ccccc2)C1.I. The molecule has 2 aliphatic rings. The van der Waals surface area contributed by atoms with E-state index >= 15 is 0 Å². The molecule has 156 valence electrons. The van der Waals surface area contributed by atoms with Crippen molar-refractivity contribution in [1.29, 1.82) is 0 Å². The Bertz CT molecular complexity index is 777. The fraction of sp³-hybridized carbons (Fsp3) is 0.458. The van der Waals surface area contributed by atoms with E-state index in [-0.39, 0.29) is 24.0 Å². The molecule has 0 amide bonds. The number of likely N-dealkylation sites (tertiary alicyclic amines) is 1. The molecule has 1 aliphatic heterocycles. The largest absolute Gasteiger partial charge is 0.376 e. The summed E-state index contributed by atoms with van der Waals surface area (Å²) in [7, 11) is 1.89. The normalized spacial score (nSPS) is 20.2. The third-order valence-electron chi connectivity index (χ3n) is 6.09. The van der Waals surface area contributed by atoms with Crippen molar-refractivity contribution in [3.8, 4) is 0 Å². The van der Waals surface area contributed by atoms with Crippen molar-refractivity contribution >= 4 is 29.9 Å². The average Bonchev–Trinajstić information content (AvgIpc) is 3.40. The van der Waals surface area contributed by atoms with E-state index in [9.17, 15) is 0 Å². The van der Waals surface area contributed by atoms with E-state index < -0.39 is 0 Å². The smallest absolute Gasteiger partial charge is 0.193 e. The van der Waals surface area contributed by atoms with E-state index in [1.807, 2.05) is 13.1 Å². The van der Waals surface area contributed by atoms with Crippen LogP contribution in [0.25, 0.3) is 0 Å². The van der Waals surface area contributed by atoms with Gasteiger partial charge in [-0.05, 0) is 30.4 Å². The molecule has 0 aromatic heterocycles. The van der Waals surface area contributed by atoms with Gasteiger partial charge in [0.05, 0.1) is 13.2 Å². The maximum atomic E-state index is 5.96. The second-order valence-electron chi connectivity index (χ2n) is 8.15. The van der Waals surface area contributed by atoms with Crippen LogP contribution in [0.3, 0.4) is 0 Å². The monoisotopic (exact) mass is 505 g/mol. The first-order valence-electron chi connectivity index (χ1n) is 10.4. The minimum absolute atomic E-state index is 0. The number of hydrogen-bond donors (Lipinski definition) is 1. The summed E-state index contributed by atoms with van der Waals surface area (Å²) >= 11 is 0. The number of nitrogens with one attached hydrogen (secondary N) is 1. The summed E-state index contributed by atoms with van der Waals surface area (Å²) in [5, 5.41) is 3.65. The summed E-state index contributed by atoms with van der Waals surface area (Å²) in [5.74, 6) is 1.61. The fourth-order valence-electron chi connectivity index (χ4n) is 4.17. The second kappa shape index (κ2) is 10.4. The minimum Gasteiger partial charge on any atom is -0.376 e. The van der Waals surface area contributed by atoms with Gasteiger partial charge in [0, 0.05) is 38.0 Å². The van der Waals surface area contributed by atoms with Crippen LogP contribution in [-0.4, -0.2) is 44.1 Å². The highest BCUT2D eigenvalue weighted by Crippen LogP contribution is 2.47. The number of rotatable bonds is 7. The average molecular weight is 505 g/mol. The van der Waals surface area contributed by atoms with Crippen LogP contribution in [-0.2, 0) is 16.8 Å². The number of hydrogen-bond acceptors (Lipinski definition) is 2. The van der Waals surface area contributed by atoms with Crippen LogP contribution in [0.2, 0.25) is 0 Å². The first kappa shape index (κ1) is 22.1. The summed E-state index contributed by atoms with van der Waals surface area (Å²) < 4.78 is 5.96. The molecule has 1 unspecified atom stereocenters. The van der Waals surface area contributed by atoms with Crippen LogP contribution in [0.4, 0.5) is 0 Å². The van der Waals surface area contributed by atoms with Gasteiger partial charge in [-0.1, -0.05) is 60.7 Å². The van der Waals surface area contributed by atoms with Crippen LogP contribution in [0.1, 0.15) is 30.4 Å². The maximum Gasteiger partial charge on any atom is 0.193 e. The molecule has 1 heterocycles. The molecule has 1 aliphatic carbocycles. The molecule has 5 heteroatoms. The van der Waals surface area contributed by atoms with Crippen molar-refractivity contribution in [2.24, 2.45) is 10.9 Å². The number of halogens is 1. The van der Waals surface area contributed by atoms with Crippen molar-refractivity contribution in [1.82, 2.24) is 10.2 Å². The van der Waals surface area contributed by atoms with Crippen molar-refractivity contribution in [2.45, 2.75) is 31.3 Å². The van der Waals surface area contributed by atoms with Gasteiger partial charge < -0.3 is 15.0 Å². The maximum absolute atomic E-state index is 5.96. The first-order valence-corrected chi connectivity index (χ1v) is 10.4. The van der Waals surface area contributed by atoms with Crippen LogP contribution in [0.5, 0.6) is 0 Å². The molecular formula is C24H32IN3O. The van der Waals surface area contributed by atoms with E-state index in [1.165, 1.54) is 30.4 Å². The lowest BCUT2D eigenvalue weighted by molar-refractivity contribution is 0.0906. The van der Waals surface area contributed by atoms with Crippen molar-refractivity contribution in [2.75, 3.05) is 33.3 Å².